The van der Waals surface area contributed by atoms with Crippen LogP contribution >= 0.6 is 23.2 Å². The summed E-state index contributed by atoms with van der Waals surface area (Å²) in [7, 11) is 0. The van der Waals surface area contributed by atoms with Crippen LogP contribution < -0.4 is 11.2 Å². The molecule has 30 heavy (non-hydrogen) atoms. The lowest BCUT2D eigenvalue weighted by molar-refractivity contribution is 0.0526. The van der Waals surface area contributed by atoms with Gasteiger partial charge in [0.2, 0.25) is 5.88 Å². The normalized spacial score (nSPS) is 11.0. The first-order chi connectivity index (χ1) is 14.3. The van der Waals surface area contributed by atoms with Gasteiger partial charge in [-0.05, 0) is 43.3 Å². The number of esters is 1. The maximum atomic E-state index is 12.2. The predicted octanol–water partition coefficient (Wildman–Crippen LogP) is 3.47. The first kappa shape index (κ1) is 21.4. The average molecular weight is 448 g/mol. The van der Waals surface area contributed by atoms with Crippen molar-refractivity contribution in [1.82, 2.24) is 9.55 Å². The fourth-order valence-corrected chi connectivity index (χ4v) is 2.99. The Bertz CT molecular complexity index is 1260. The number of carbonyl (C=O) groups excluding carboxylic acids is 1. The number of aromatic nitrogens is 2. The van der Waals surface area contributed by atoms with Crippen LogP contribution in [-0.4, -0.2) is 33.4 Å². The molecule has 154 valence electrons. The number of ether oxygens (including phenoxy) is 1. The molecule has 3 rings (SSSR count). The first-order valence-electron chi connectivity index (χ1n) is 8.66. The number of rotatable bonds is 5. The monoisotopic (exact) mass is 447 g/mol. The summed E-state index contributed by atoms with van der Waals surface area (Å²) in [5.41, 5.74) is -1.29. The molecule has 10 heteroatoms. The maximum absolute atomic E-state index is 12.2. The van der Waals surface area contributed by atoms with Crippen molar-refractivity contribution < 1.29 is 14.6 Å². The Labute approximate surface area is 180 Å². The van der Waals surface area contributed by atoms with Crippen LogP contribution in [-0.2, 0) is 4.74 Å². The van der Waals surface area contributed by atoms with E-state index in [4.69, 9.17) is 27.9 Å². The number of aromatic hydroxyl groups is 1. The van der Waals surface area contributed by atoms with Crippen molar-refractivity contribution in [3.63, 3.8) is 0 Å². The van der Waals surface area contributed by atoms with E-state index >= 15 is 0 Å². The van der Waals surface area contributed by atoms with Gasteiger partial charge in [-0.3, -0.25) is 14.8 Å². The van der Waals surface area contributed by atoms with Crippen LogP contribution in [0.3, 0.4) is 0 Å². The minimum atomic E-state index is -0.840. The molecule has 0 atom stereocenters. The first-order valence-corrected chi connectivity index (χ1v) is 9.42. The number of halogens is 2. The van der Waals surface area contributed by atoms with Gasteiger partial charge in [0.1, 0.15) is 5.56 Å². The molecule has 3 aromatic rings. The Morgan fingerprint density at radius 1 is 1.23 bits per heavy atom. The summed E-state index contributed by atoms with van der Waals surface area (Å²) in [6.45, 7) is 1.84. The SMILES string of the molecule is CCOC(=O)c1cc(N=Cc2c(O)n(-c3cccc(Cl)c3)c(=O)[nH]c2=O)ccc1Cl. The fraction of sp³-hybridized carbons (Fsp3) is 0.100. The number of H-pyrrole nitrogens is 1. The quantitative estimate of drug-likeness (QED) is 0.459. The van der Waals surface area contributed by atoms with Gasteiger partial charge in [0.25, 0.3) is 5.56 Å². The van der Waals surface area contributed by atoms with Crippen molar-refractivity contribution in [2.45, 2.75) is 6.92 Å². The summed E-state index contributed by atoms with van der Waals surface area (Å²) in [5.74, 6) is -1.23. The zero-order valence-electron chi connectivity index (χ0n) is 15.6. The molecule has 0 fully saturated rings. The van der Waals surface area contributed by atoms with Gasteiger partial charge < -0.3 is 9.84 Å². The molecular weight excluding hydrogens is 433 g/mol. The van der Waals surface area contributed by atoms with E-state index in [9.17, 15) is 19.5 Å². The third-order valence-corrected chi connectivity index (χ3v) is 4.54. The Morgan fingerprint density at radius 3 is 2.70 bits per heavy atom. The van der Waals surface area contributed by atoms with E-state index in [0.717, 1.165) is 10.8 Å². The zero-order chi connectivity index (χ0) is 21.8. The molecule has 8 nitrogen and oxygen atoms in total. The molecule has 2 N–H and O–H groups in total. The number of nitrogens with zero attached hydrogens (tertiary/aromatic N) is 2. The molecule has 0 radical (unpaired) electrons. The number of aliphatic imine (C=N–C) groups is 1. The average Bonchev–Trinajstić information content (AvgIpc) is 2.69. The standard InChI is InChI=1S/C20H15Cl2N3O5/c1-2-30-19(28)14-9-12(6-7-16(14)22)23-10-15-17(26)24-20(29)25(18(15)27)13-5-3-4-11(21)8-13/h3-10,27H,2H2,1H3,(H,24,26,29). The highest BCUT2D eigenvalue weighted by Crippen LogP contribution is 2.24. The molecule has 2 aromatic carbocycles. The minimum absolute atomic E-state index is 0.107. The van der Waals surface area contributed by atoms with Crippen molar-refractivity contribution in [3.8, 4) is 11.6 Å². The van der Waals surface area contributed by atoms with Gasteiger partial charge in [0.15, 0.2) is 0 Å². The fourth-order valence-electron chi connectivity index (χ4n) is 2.61. The van der Waals surface area contributed by atoms with Crippen LogP contribution in [0.2, 0.25) is 10.0 Å². The topological polar surface area (TPSA) is 114 Å². The molecule has 1 heterocycles. The summed E-state index contributed by atoms with van der Waals surface area (Å²) in [6, 6.07) is 10.5. The summed E-state index contributed by atoms with van der Waals surface area (Å²) >= 11 is 12.0. The lowest BCUT2D eigenvalue weighted by Gasteiger charge is -2.09. The smallest absolute Gasteiger partial charge is 0.339 e. The van der Waals surface area contributed by atoms with Gasteiger partial charge in [-0.15, -0.1) is 0 Å². The number of benzene rings is 2. The Hall–Kier alpha value is -3.36. The Morgan fingerprint density at radius 2 is 2.00 bits per heavy atom. The summed E-state index contributed by atoms with van der Waals surface area (Å²) < 4.78 is 5.82. The van der Waals surface area contributed by atoms with E-state index in [0.29, 0.717) is 5.02 Å². The second kappa shape index (κ2) is 8.98. The van der Waals surface area contributed by atoms with E-state index in [2.05, 4.69) is 9.98 Å². The van der Waals surface area contributed by atoms with Crippen LogP contribution in [0.5, 0.6) is 5.88 Å². The molecule has 0 aliphatic heterocycles. The highest BCUT2D eigenvalue weighted by Gasteiger charge is 2.15. The van der Waals surface area contributed by atoms with Gasteiger partial charge in [-0.1, -0.05) is 29.3 Å². The van der Waals surface area contributed by atoms with Crippen molar-refractivity contribution in [3.05, 3.63) is 84.5 Å². The number of hydrogen-bond donors (Lipinski definition) is 2. The molecular formula is C20H15Cl2N3O5. The van der Waals surface area contributed by atoms with Crippen molar-refractivity contribution >= 4 is 41.1 Å². The molecule has 0 saturated carbocycles. The van der Waals surface area contributed by atoms with Crippen molar-refractivity contribution in [1.29, 1.82) is 0 Å². The summed E-state index contributed by atoms with van der Waals surface area (Å²) in [5, 5.41) is 11.1. The molecule has 0 unspecified atom stereocenters. The molecule has 1 aromatic heterocycles. The van der Waals surface area contributed by atoms with Gasteiger partial charge in [0, 0.05) is 11.2 Å². The van der Waals surface area contributed by atoms with Crippen molar-refractivity contribution in [2.24, 2.45) is 4.99 Å². The lowest BCUT2D eigenvalue weighted by Crippen LogP contribution is -2.31. The van der Waals surface area contributed by atoms with Crippen molar-refractivity contribution in [2.75, 3.05) is 6.61 Å². The minimum Gasteiger partial charge on any atom is -0.493 e. The number of carbonyl (C=O) groups is 1. The van der Waals surface area contributed by atoms with Crippen LogP contribution in [0, 0.1) is 0 Å². The molecule has 0 amide bonds. The molecule has 0 aliphatic rings. The van der Waals surface area contributed by atoms with Gasteiger partial charge >= 0.3 is 11.7 Å². The van der Waals surface area contributed by atoms with E-state index in [1.807, 2.05) is 0 Å². The number of aromatic amines is 1. The van der Waals surface area contributed by atoms with E-state index in [1.165, 1.54) is 30.3 Å². The number of hydrogen-bond acceptors (Lipinski definition) is 6. The van der Waals surface area contributed by atoms with Gasteiger partial charge in [-0.2, -0.15) is 0 Å². The maximum Gasteiger partial charge on any atom is 0.339 e. The molecule has 0 bridgehead atoms. The van der Waals surface area contributed by atoms with E-state index < -0.39 is 23.1 Å². The van der Waals surface area contributed by atoms with Crippen LogP contribution in [0.25, 0.3) is 5.69 Å². The Balaban J connectivity index is 2.06. The van der Waals surface area contributed by atoms with Gasteiger partial charge in [-0.25, -0.2) is 14.2 Å². The lowest BCUT2D eigenvalue weighted by atomic mass is 10.2. The van der Waals surface area contributed by atoms with Gasteiger partial charge in [0.05, 0.1) is 28.6 Å². The second-order valence-corrected chi connectivity index (χ2v) is 6.80. The third-order valence-electron chi connectivity index (χ3n) is 3.98. The zero-order valence-corrected chi connectivity index (χ0v) is 17.1. The predicted molar refractivity (Wildman–Crippen MR) is 114 cm³/mol. The second-order valence-electron chi connectivity index (χ2n) is 5.95. The Kier molecular flexibility index (Phi) is 6.39. The van der Waals surface area contributed by atoms with E-state index in [1.54, 1.807) is 19.1 Å². The largest absolute Gasteiger partial charge is 0.493 e. The molecule has 0 saturated heterocycles. The van der Waals surface area contributed by atoms with Crippen LogP contribution in [0.15, 0.2) is 57.0 Å². The number of nitrogens with one attached hydrogen (secondary N) is 1. The summed E-state index contributed by atoms with van der Waals surface area (Å²) in [4.78, 5) is 42.6. The summed E-state index contributed by atoms with van der Waals surface area (Å²) in [6.07, 6.45) is 1.08. The van der Waals surface area contributed by atoms with Crippen LogP contribution in [0.4, 0.5) is 5.69 Å². The van der Waals surface area contributed by atoms with Crippen LogP contribution in [0.1, 0.15) is 22.8 Å². The van der Waals surface area contributed by atoms with E-state index in [-0.39, 0.29) is 34.1 Å². The molecule has 0 aliphatic carbocycles. The third kappa shape index (κ3) is 4.45. The highest BCUT2D eigenvalue weighted by molar-refractivity contribution is 6.33. The molecule has 0 spiro atoms. The highest BCUT2D eigenvalue weighted by atomic mass is 35.5.